The molecule has 1 fully saturated rings. The molecule has 1 saturated carbocycles. The van der Waals surface area contributed by atoms with Crippen LogP contribution < -0.4 is 0 Å². The molecule has 0 heterocycles. The van der Waals surface area contributed by atoms with Gasteiger partial charge in [-0.1, -0.05) is 151 Å². The Bertz CT molecular complexity index is 1390. The number of aliphatic hydroxyl groups excluding tert-OH is 5. The third kappa shape index (κ3) is 31.2. The number of carbonyl (C=O) groups is 2. The molecule has 6 unspecified atom stereocenters. The van der Waals surface area contributed by atoms with Crippen LogP contribution in [0.4, 0.5) is 0 Å². The summed E-state index contributed by atoms with van der Waals surface area (Å²) in [6, 6.07) is 0. The lowest BCUT2D eigenvalue weighted by atomic mass is 9.85. The van der Waals surface area contributed by atoms with E-state index in [0.29, 0.717) is 12.8 Å². The lowest BCUT2D eigenvalue weighted by Gasteiger charge is -2.41. The molecule has 0 radical (unpaired) electrons. The molecular weight excluding hydrogens is 840 g/mol. The fraction of sp³-hybridized carbons (Fsp3) is 0.720. The van der Waals surface area contributed by atoms with Crippen LogP contribution in [0.5, 0.6) is 0 Å². The monoisotopic (exact) mass is 925 g/mol. The zero-order valence-electron chi connectivity index (χ0n) is 39.0. The van der Waals surface area contributed by atoms with Crippen molar-refractivity contribution in [1.82, 2.24) is 0 Å². The molecule has 0 aromatic heterocycles. The summed E-state index contributed by atoms with van der Waals surface area (Å²) in [5, 5.41) is 50.2. The van der Waals surface area contributed by atoms with Crippen molar-refractivity contribution >= 4 is 19.8 Å². The van der Waals surface area contributed by atoms with E-state index < -0.39 is 75.7 Å². The number of unbranched alkanes of at least 4 members (excludes halogenated alkanes) is 15. The quantitative estimate of drug-likeness (QED) is 0.0147. The first kappa shape index (κ1) is 59.3. The maximum atomic E-state index is 12.8. The molecule has 1 aliphatic carbocycles. The Morgan fingerprint density at radius 3 is 1.36 bits per heavy atom. The summed E-state index contributed by atoms with van der Waals surface area (Å²) in [6.07, 6.45) is 36.6. The van der Waals surface area contributed by atoms with Gasteiger partial charge in [-0.2, -0.15) is 0 Å². The second-order valence-corrected chi connectivity index (χ2v) is 18.0. The Balaban J connectivity index is 2.46. The smallest absolute Gasteiger partial charge is 0.462 e. The zero-order chi connectivity index (χ0) is 47.1. The summed E-state index contributed by atoms with van der Waals surface area (Å²) in [5.74, 6) is -1.14. The lowest BCUT2D eigenvalue weighted by molar-refractivity contribution is -0.220. The molecule has 6 atom stereocenters. The molecule has 0 aliphatic heterocycles. The summed E-state index contributed by atoms with van der Waals surface area (Å²) in [7, 11) is -5.13. The first-order valence-electron chi connectivity index (χ1n) is 24.2. The number of aliphatic hydroxyl groups is 5. The molecule has 1 aliphatic rings. The standard InChI is InChI=1S/C50H85O13P/c1-3-5-7-9-11-13-15-17-19-21-22-23-25-27-29-31-33-35-37-39-44(52)62-42(41-61-64(58,59)63-50-48(56)46(54)45(53)47(55)49(50)57)40-60-43(51)38-36-34-32-30-28-26-24-20-18-16-14-12-10-8-6-4-2/h5,7,11,13-14,16-17,19-20,22-24,42,45-50,53-57H,3-4,6,8-10,12,15,18,21,25-41H2,1-2H3,(H,58,59)/b7-5-,13-11-,16-14-,19-17-,23-22-,24-20-. The maximum absolute atomic E-state index is 12.8. The fourth-order valence-corrected chi connectivity index (χ4v) is 7.87. The van der Waals surface area contributed by atoms with E-state index >= 15 is 0 Å². The van der Waals surface area contributed by atoms with Gasteiger partial charge in [-0.25, -0.2) is 4.57 Å². The molecule has 0 aromatic carbocycles. The van der Waals surface area contributed by atoms with E-state index in [1.807, 2.05) is 0 Å². The van der Waals surface area contributed by atoms with Crippen molar-refractivity contribution < 1.29 is 63.1 Å². The van der Waals surface area contributed by atoms with Gasteiger partial charge in [-0.15, -0.1) is 0 Å². The van der Waals surface area contributed by atoms with Gasteiger partial charge in [-0.3, -0.25) is 18.6 Å². The molecule has 6 N–H and O–H groups in total. The largest absolute Gasteiger partial charge is 0.472 e. The van der Waals surface area contributed by atoms with Crippen molar-refractivity contribution in [3.8, 4) is 0 Å². The van der Waals surface area contributed by atoms with Crippen molar-refractivity contribution in [2.75, 3.05) is 13.2 Å². The lowest BCUT2D eigenvalue weighted by Crippen LogP contribution is -2.64. The van der Waals surface area contributed by atoms with E-state index in [2.05, 4.69) is 86.8 Å². The number of phosphoric ester groups is 1. The van der Waals surface area contributed by atoms with Gasteiger partial charge < -0.3 is 39.9 Å². The van der Waals surface area contributed by atoms with Crippen LogP contribution in [-0.2, 0) is 32.7 Å². The Morgan fingerprint density at radius 1 is 0.500 bits per heavy atom. The summed E-state index contributed by atoms with van der Waals surface area (Å²) < 4.78 is 33.6. The van der Waals surface area contributed by atoms with E-state index in [9.17, 15) is 44.6 Å². The van der Waals surface area contributed by atoms with Crippen molar-refractivity contribution in [3.05, 3.63) is 72.9 Å². The number of phosphoric acid groups is 1. The maximum Gasteiger partial charge on any atom is 0.472 e. The van der Waals surface area contributed by atoms with Crippen molar-refractivity contribution in [3.63, 3.8) is 0 Å². The Hall–Kier alpha value is -2.71. The average Bonchev–Trinajstić information content (AvgIpc) is 3.28. The summed E-state index contributed by atoms with van der Waals surface area (Å²) in [6.45, 7) is 3.15. The number of ether oxygens (including phenoxy) is 2. The SMILES string of the molecule is CC/C=C\C/C=C\C/C=C\C/C=C\CCCCCCCCC(=O)OC(COC(=O)CCCCCCC/C=C\C/C=C\CCCCCC)COP(=O)(O)OC1C(O)C(O)C(O)C(O)C1O. The Labute approximate surface area is 385 Å². The first-order valence-corrected chi connectivity index (χ1v) is 25.7. The molecule has 0 bridgehead atoms. The topological polar surface area (TPSA) is 210 Å². The van der Waals surface area contributed by atoms with Gasteiger partial charge in [0.1, 0.15) is 43.2 Å². The number of hydrogen-bond donors (Lipinski definition) is 6. The number of hydrogen-bond acceptors (Lipinski definition) is 12. The van der Waals surface area contributed by atoms with Gasteiger partial charge >= 0.3 is 19.8 Å². The second-order valence-electron chi connectivity index (χ2n) is 16.6. The van der Waals surface area contributed by atoms with E-state index in [0.717, 1.165) is 109 Å². The molecule has 0 spiro atoms. The minimum Gasteiger partial charge on any atom is -0.462 e. The summed E-state index contributed by atoms with van der Waals surface area (Å²) >= 11 is 0. The van der Waals surface area contributed by atoms with Crippen LogP contribution in [-0.4, -0.2) is 98.3 Å². The minimum atomic E-state index is -5.13. The molecular formula is C50H85O13P. The van der Waals surface area contributed by atoms with E-state index in [-0.39, 0.29) is 12.8 Å². The number of esters is 2. The van der Waals surface area contributed by atoms with Crippen LogP contribution in [0.3, 0.4) is 0 Å². The molecule has 0 saturated heterocycles. The van der Waals surface area contributed by atoms with Crippen molar-refractivity contribution in [2.24, 2.45) is 0 Å². The summed E-state index contributed by atoms with van der Waals surface area (Å²) in [5.41, 5.74) is 0. The van der Waals surface area contributed by atoms with Crippen molar-refractivity contribution in [2.45, 2.75) is 217 Å². The van der Waals surface area contributed by atoms with E-state index in [4.69, 9.17) is 18.5 Å². The van der Waals surface area contributed by atoms with Gasteiger partial charge in [-0.05, 0) is 83.5 Å². The Kier molecular flexibility index (Phi) is 36.6. The van der Waals surface area contributed by atoms with Gasteiger partial charge in [0.05, 0.1) is 6.61 Å². The van der Waals surface area contributed by atoms with Crippen LogP contribution in [0.15, 0.2) is 72.9 Å². The van der Waals surface area contributed by atoms with Gasteiger partial charge in [0.25, 0.3) is 0 Å². The highest BCUT2D eigenvalue weighted by Crippen LogP contribution is 2.47. The fourth-order valence-electron chi connectivity index (χ4n) is 6.90. The number of allylic oxidation sites excluding steroid dienone is 12. The van der Waals surface area contributed by atoms with Crippen LogP contribution in [0, 0.1) is 0 Å². The van der Waals surface area contributed by atoms with E-state index in [1.165, 1.54) is 25.7 Å². The number of rotatable bonds is 39. The number of carbonyl (C=O) groups excluding carboxylic acids is 2. The minimum absolute atomic E-state index is 0.0737. The van der Waals surface area contributed by atoms with Crippen molar-refractivity contribution in [1.29, 1.82) is 0 Å². The molecule has 0 aromatic rings. The predicted molar refractivity (Wildman–Crippen MR) is 253 cm³/mol. The van der Waals surface area contributed by atoms with Crippen LogP contribution in [0.1, 0.15) is 174 Å². The van der Waals surface area contributed by atoms with Crippen LogP contribution in [0.25, 0.3) is 0 Å². The highest BCUT2D eigenvalue weighted by atomic mass is 31.2. The summed E-state index contributed by atoms with van der Waals surface area (Å²) in [4.78, 5) is 35.8. The van der Waals surface area contributed by atoms with Gasteiger partial charge in [0, 0.05) is 12.8 Å². The van der Waals surface area contributed by atoms with E-state index in [1.54, 1.807) is 0 Å². The molecule has 368 valence electrons. The second kappa shape index (κ2) is 39.5. The highest BCUT2D eigenvalue weighted by molar-refractivity contribution is 7.47. The molecule has 64 heavy (non-hydrogen) atoms. The van der Waals surface area contributed by atoms with Gasteiger partial charge in [0.2, 0.25) is 0 Å². The molecule has 13 nitrogen and oxygen atoms in total. The van der Waals surface area contributed by atoms with Gasteiger partial charge in [0.15, 0.2) is 6.10 Å². The molecule has 14 heteroatoms. The third-order valence-electron chi connectivity index (χ3n) is 10.8. The Morgan fingerprint density at radius 2 is 0.891 bits per heavy atom. The van der Waals surface area contributed by atoms with Crippen LogP contribution >= 0.6 is 7.82 Å². The zero-order valence-corrected chi connectivity index (χ0v) is 39.9. The predicted octanol–water partition coefficient (Wildman–Crippen LogP) is 9.89. The van der Waals surface area contributed by atoms with Crippen LogP contribution in [0.2, 0.25) is 0 Å². The average molecular weight is 925 g/mol. The molecule has 1 rings (SSSR count). The normalized spacial score (nSPS) is 22.2. The highest BCUT2D eigenvalue weighted by Gasteiger charge is 2.51. The molecule has 0 amide bonds. The third-order valence-corrected chi connectivity index (χ3v) is 11.8. The first-order chi connectivity index (χ1) is 30.9.